The molecule has 0 saturated heterocycles. The molecule has 132 valence electrons. The summed E-state index contributed by atoms with van der Waals surface area (Å²) >= 11 is 0. The lowest BCUT2D eigenvalue weighted by Gasteiger charge is -2.23. The van der Waals surface area contributed by atoms with E-state index in [-0.39, 0.29) is 23.0 Å². The number of amides is 1. The van der Waals surface area contributed by atoms with E-state index in [1.165, 1.54) is 30.3 Å². The first kappa shape index (κ1) is 18.6. The van der Waals surface area contributed by atoms with Gasteiger partial charge in [-0.3, -0.25) is 14.9 Å². The Balaban J connectivity index is 2.20. The Labute approximate surface area is 146 Å². The van der Waals surface area contributed by atoms with Gasteiger partial charge in [0, 0.05) is 30.8 Å². The fourth-order valence-corrected chi connectivity index (χ4v) is 2.55. The lowest BCUT2D eigenvalue weighted by molar-refractivity contribution is -0.384. The van der Waals surface area contributed by atoms with Crippen LogP contribution in [0, 0.1) is 15.9 Å². The Bertz CT molecular complexity index is 732. The normalized spacial score (nSPS) is 10.5. The van der Waals surface area contributed by atoms with Crippen molar-refractivity contribution in [2.45, 2.75) is 32.7 Å². The van der Waals surface area contributed by atoms with Crippen LogP contribution in [0.2, 0.25) is 0 Å². The van der Waals surface area contributed by atoms with Gasteiger partial charge in [-0.05, 0) is 30.2 Å². The van der Waals surface area contributed by atoms with E-state index in [2.05, 4.69) is 6.92 Å². The molecular weight excluding hydrogens is 323 g/mol. The highest BCUT2D eigenvalue weighted by atomic mass is 19.1. The Morgan fingerprint density at radius 3 is 2.52 bits per heavy atom. The van der Waals surface area contributed by atoms with Crippen LogP contribution in [0.1, 0.15) is 42.1 Å². The van der Waals surface area contributed by atoms with Gasteiger partial charge in [-0.25, -0.2) is 4.39 Å². The first-order valence-corrected chi connectivity index (χ1v) is 8.29. The van der Waals surface area contributed by atoms with Crippen LogP contribution >= 0.6 is 0 Å². The van der Waals surface area contributed by atoms with Crippen molar-refractivity contribution in [1.29, 1.82) is 0 Å². The molecule has 5 nitrogen and oxygen atoms in total. The van der Waals surface area contributed by atoms with Crippen molar-refractivity contribution in [3.05, 3.63) is 75.6 Å². The monoisotopic (exact) mass is 344 g/mol. The van der Waals surface area contributed by atoms with Gasteiger partial charge in [-0.15, -0.1) is 0 Å². The number of halogens is 1. The highest BCUT2D eigenvalue weighted by Gasteiger charge is 2.18. The molecule has 0 aliphatic carbocycles. The van der Waals surface area contributed by atoms with Crippen molar-refractivity contribution >= 4 is 11.6 Å². The molecule has 25 heavy (non-hydrogen) atoms. The number of nitro benzene ring substituents is 1. The molecule has 2 aromatic rings. The Hall–Kier alpha value is -2.76. The second kappa shape index (κ2) is 8.92. The van der Waals surface area contributed by atoms with Crippen LogP contribution in [0.4, 0.5) is 10.1 Å². The predicted molar refractivity (Wildman–Crippen MR) is 93.8 cm³/mol. The Morgan fingerprint density at radius 1 is 1.16 bits per heavy atom. The van der Waals surface area contributed by atoms with Crippen molar-refractivity contribution < 1.29 is 14.1 Å². The fourth-order valence-electron chi connectivity index (χ4n) is 2.55. The summed E-state index contributed by atoms with van der Waals surface area (Å²) in [5.41, 5.74) is 0.991. The first-order valence-electron chi connectivity index (χ1n) is 8.29. The molecule has 2 rings (SSSR count). The third-order valence-electron chi connectivity index (χ3n) is 3.91. The number of hydrogen-bond acceptors (Lipinski definition) is 3. The predicted octanol–water partition coefficient (Wildman–Crippen LogP) is 4.57. The van der Waals surface area contributed by atoms with E-state index in [9.17, 15) is 19.3 Å². The molecule has 0 unspecified atom stereocenters. The zero-order valence-corrected chi connectivity index (χ0v) is 14.2. The third kappa shape index (κ3) is 5.38. The van der Waals surface area contributed by atoms with Crippen LogP contribution in [0.15, 0.2) is 48.5 Å². The molecule has 0 aliphatic heterocycles. The smallest absolute Gasteiger partial charge is 0.270 e. The molecule has 0 N–H and O–H groups in total. The maximum Gasteiger partial charge on any atom is 0.270 e. The summed E-state index contributed by atoms with van der Waals surface area (Å²) in [7, 11) is 0. The Morgan fingerprint density at radius 2 is 1.88 bits per heavy atom. The lowest BCUT2D eigenvalue weighted by atomic mass is 10.1. The number of nitrogens with zero attached hydrogens (tertiary/aromatic N) is 2. The third-order valence-corrected chi connectivity index (χ3v) is 3.91. The summed E-state index contributed by atoms with van der Waals surface area (Å²) in [5, 5.41) is 10.9. The second-order valence-electron chi connectivity index (χ2n) is 5.87. The molecule has 0 heterocycles. The van der Waals surface area contributed by atoms with Gasteiger partial charge >= 0.3 is 0 Å². The molecule has 0 aliphatic rings. The van der Waals surface area contributed by atoms with Crippen LogP contribution in [0.25, 0.3) is 0 Å². The van der Waals surface area contributed by atoms with Crippen LogP contribution in [-0.2, 0) is 6.54 Å². The number of hydrogen-bond donors (Lipinski definition) is 0. The highest BCUT2D eigenvalue weighted by Crippen LogP contribution is 2.17. The minimum atomic E-state index is -0.516. The zero-order valence-electron chi connectivity index (χ0n) is 14.2. The standard InChI is InChI=1S/C19H21FN2O3/c1-2-3-4-12-21(14-15-8-10-17(20)11-9-15)19(23)16-6-5-7-18(13-16)22(24)25/h5-11,13H,2-4,12,14H2,1H3. The van der Waals surface area contributed by atoms with E-state index in [0.717, 1.165) is 24.8 Å². The van der Waals surface area contributed by atoms with Gasteiger partial charge in [0.25, 0.3) is 11.6 Å². The minimum absolute atomic E-state index is 0.110. The summed E-state index contributed by atoms with van der Waals surface area (Å²) in [4.78, 5) is 24.9. The summed E-state index contributed by atoms with van der Waals surface area (Å²) in [6, 6.07) is 11.7. The largest absolute Gasteiger partial charge is 0.334 e. The van der Waals surface area contributed by atoms with Crippen LogP contribution < -0.4 is 0 Å². The second-order valence-corrected chi connectivity index (χ2v) is 5.87. The van der Waals surface area contributed by atoms with Gasteiger partial charge in [0.1, 0.15) is 5.82 Å². The fraction of sp³-hybridized carbons (Fsp3) is 0.316. The van der Waals surface area contributed by atoms with Gasteiger partial charge in [0.15, 0.2) is 0 Å². The molecule has 0 bridgehead atoms. The van der Waals surface area contributed by atoms with E-state index in [0.29, 0.717) is 13.1 Å². The number of unbranched alkanes of at least 4 members (excludes halogenated alkanes) is 2. The topological polar surface area (TPSA) is 63.5 Å². The zero-order chi connectivity index (χ0) is 18.2. The number of nitro groups is 1. The lowest BCUT2D eigenvalue weighted by Crippen LogP contribution is -2.31. The van der Waals surface area contributed by atoms with Crippen LogP contribution in [0.3, 0.4) is 0 Å². The summed E-state index contributed by atoms with van der Waals surface area (Å²) in [6.45, 7) is 2.96. The average molecular weight is 344 g/mol. The van der Waals surface area contributed by atoms with E-state index in [1.807, 2.05) is 0 Å². The minimum Gasteiger partial charge on any atom is -0.334 e. The van der Waals surface area contributed by atoms with E-state index in [1.54, 1.807) is 23.1 Å². The maximum atomic E-state index is 13.1. The maximum absolute atomic E-state index is 13.1. The molecule has 0 fully saturated rings. The summed E-state index contributed by atoms with van der Waals surface area (Å²) in [6.07, 6.45) is 2.86. The van der Waals surface area contributed by atoms with Gasteiger partial charge < -0.3 is 4.90 Å². The first-order chi connectivity index (χ1) is 12.0. The average Bonchev–Trinajstić information content (AvgIpc) is 2.62. The molecule has 1 amide bonds. The molecule has 2 aromatic carbocycles. The number of carbonyl (C=O) groups is 1. The van der Waals surface area contributed by atoms with E-state index < -0.39 is 4.92 Å². The number of rotatable bonds is 8. The van der Waals surface area contributed by atoms with Crippen molar-refractivity contribution in [3.63, 3.8) is 0 Å². The highest BCUT2D eigenvalue weighted by molar-refractivity contribution is 5.94. The molecule has 0 atom stereocenters. The van der Waals surface area contributed by atoms with Crippen molar-refractivity contribution in [2.24, 2.45) is 0 Å². The quantitative estimate of drug-likeness (QED) is 0.400. The number of non-ortho nitro benzene ring substituents is 1. The van der Waals surface area contributed by atoms with E-state index >= 15 is 0 Å². The Kier molecular flexibility index (Phi) is 6.62. The van der Waals surface area contributed by atoms with Crippen LogP contribution in [0.5, 0.6) is 0 Å². The van der Waals surface area contributed by atoms with E-state index in [4.69, 9.17) is 0 Å². The summed E-state index contributed by atoms with van der Waals surface area (Å²) in [5.74, 6) is -0.588. The molecule has 0 spiro atoms. The molecule has 6 heteroatoms. The van der Waals surface area contributed by atoms with Gasteiger partial charge in [0.2, 0.25) is 0 Å². The van der Waals surface area contributed by atoms with Gasteiger partial charge in [0.05, 0.1) is 4.92 Å². The van der Waals surface area contributed by atoms with Crippen molar-refractivity contribution in [3.8, 4) is 0 Å². The molecule has 0 saturated carbocycles. The number of benzene rings is 2. The SMILES string of the molecule is CCCCCN(Cc1ccc(F)cc1)C(=O)c1cccc([N+](=O)[O-])c1. The molecule has 0 aromatic heterocycles. The van der Waals surface area contributed by atoms with Gasteiger partial charge in [-0.1, -0.05) is 38.0 Å². The molecular formula is C19H21FN2O3. The van der Waals surface area contributed by atoms with Crippen molar-refractivity contribution in [1.82, 2.24) is 4.90 Å². The number of carbonyl (C=O) groups excluding carboxylic acids is 1. The van der Waals surface area contributed by atoms with Crippen LogP contribution in [-0.4, -0.2) is 22.3 Å². The molecule has 0 radical (unpaired) electrons. The van der Waals surface area contributed by atoms with Gasteiger partial charge in [-0.2, -0.15) is 0 Å². The summed E-state index contributed by atoms with van der Waals surface area (Å²) < 4.78 is 13.1. The van der Waals surface area contributed by atoms with Crippen molar-refractivity contribution in [2.75, 3.05) is 6.54 Å².